The summed E-state index contributed by atoms with van der Waals surface area (Å²) in [5.41, 5.74) is -0.0967. The van der Waals surface area contributed by atoms with Gasteiger partial charge in [-0.1, -0.05) is 12.1 Å². The Labute approximate surface area is 281 Å². The summed E-state index contributed by atoms with van der Waals surface area (Å²) in [6.45, 7) is 14.2. The zero-order chi connectivity index (χ0) is 36.5. The molecule has 18 nitrogen and oxygen atoms in total. The Morgan fingerprint density at radius 2 is 1.31 bits per heavy atom. The van der Waals surface area contributed by atoms with E-state index in [1.54, 1.807) is 14.1 Å². The van der Waals surface area contributed by atoms with Crippen LogP contribution in [-0.2, 0) is 53.2 Å². The Bertz CT molecular complexity index is 2530. The van der Waals surface area contributed by atoms with E-state index in [1.807, 2.05) is 0 Å². The molecule has 0 aliphatic rings. The lowest BCUT2D eigenvalue weighted by atomic mass is 10.0. The number of nitrogens with zero attached hydrogens (tertiary/aromatic N) is 6. The van der Waals surface area contributed by atoms with Gasteiger partial charge in [-0.2, -0.15) is 35.2 Å². The van der Waals surface area contributed by atoms with Gasteiger partial charge in [-0.05, 0) is 42.3 Å². The maximum absolute atomic E-state index is 12.8. The fraction of sp³-hybridized carbons (Fsp3) is 0.222. The Morgan fingerprint density at radius 3 is 1.88 bits per heavy atom. The molecule has 3 aromatic carbocycles. The topological polar surface area (TPSA) is 260 Å². The predicted molar refractivity (Wildman–Crippen MR) is 173 cm³/mol. The Morgan fingerprint density at radius 1 is 0.714 bits per heavy atom. The smallest absolute Gasteiger partial charge is 0.295 e. The molecular weight excluding hydrogens is 727 g/mol. The summed E-state index contributed by atoms with van der Waals surface area (Å²) in [6.07, 6.45) is 0.000609. The number of nitrogens with one attached hydrogen (secondary N) is 1. The predicted octanol–water partition coefficient (Wildman–Crippen LogP) is 2.43. The number of aryl methyl sites for hydroxylation is 1. The molecule has 0 radical (unpaired) electrons. The molecule has 1 aromatic heterocycles. The number of anilines is 1. The van der Waals surface area contributed by atoms with Gasteiger partial charge in [-0.15, -0.1) is 0 Å². The standard InChI is InChI=1S/C27H25N7O11S4/c1-28-21-8-7-17(14-22(21)29-2)46(35,36)30-9-5-6-25-31-26(33-27(32-25)34(3)4)12-16-10-19-20(23(11-16)48(40,41)42)13-18(47(37,38)39)15-24(19)49(43,44)45/h7-8,10-11,13-15,30H,5-6,9,12H2,3-4H3,(H,37,38,39)(H,40,41,42)(H,43,44,45). The number of rotatable bonds is 12. The highest BCUT2D eigenvalue weighted by Crippen LogP contribution is 2.34. The van der Waals surface area contributed by atoms with E-state index in [-0.39, 0.29) is 65.2 Å². The van der Waals surface area contributed by atoms with Crippen molar-refractivity contribution in [2.75, 3.05) is 25.5 Å². The van der Waals surface area contributed by atoms with Crippen molar-refractivity contribution >= 4 is 68.5 Å². The summed E-state index contributed by atoms with van der Waals surface area (Å²) in [5, 5.41) is -1.13. The lowest BCUT2D eigenvalue weighted by Crippen LogP contribution is -2.25. The van der Waals surface area contributed by atoms with Gasteiger partial charge >= 0.3 is 0 Å². The minimum absolute atomic E-state index is 0.00210. The van der Waals surface area contributed by atoms with Gasteiger partial charge in [0.15, 0.2) is 11.4 Å². The molecule has 49 heavy (non-hydrogen) atoms. The van der Waals surface area contributed by atoms with Crippen LogP contribution in [0.25, 0.3) is 20.5 Å². The second kappa shape index (κ2) is 13.7. The van der Waals surface area contributed by atoms with E-state index in [0.717, 1.165) is 18.2 Å². The number of hydrogen-bond donors (Lipinski definition) is 4. The summed E-state index contributed by atoms with van der Waals surface area (Å²) >= 11 is 0. The third-order valence-electron chi connectivity index (χ3n) is 6.73. The van der Waals surface area contributed by atoms with Crippen molar-refractivity contribution in [3.05, 3.63) is 82.5 Å². The number of benzene rings is 3. The van der Waals surface area contributed by atoms with Crippen LogP contribution in [0.3, 0.4) is 0 Å². The minimum Gasteiger partial charge on any atom is -0.347 e. The van der Waals surface area contributed by atoms with E-state index < -0.39 is 65.8 Å². The van der Waals surface area contributed by atoms with Crippen molar-refractivity contribution in [1.82, 2.24) is 19.7 Å². The molecule has 0 spiro atoms. The van der Waals surface area contributed by atoms with E-state index in [2.05, 4.69) is 29.4 Å². The zero-order valence-electron chi connectivity index (χ0n) is 25.3. The highest BCUT2D eigenvalue weighted by atomic mass is 32.2. The van der Waals surface area contributed by atoms with Crippen LogP contribution in [0.15, 0.2) is 62.0 Å². The van der Waals surface area contributed by atoms with E-state index >= 15 is 0 Å². The number of hydrogen-bond acceptors (Lipinski definition) is 12. The van der Waals surface area contributed by atoms with Gasteiger partial charge in [0.2, 0.25) is 16.0 Å². The van der Waals surface area contributed by atoms with Crippen LogP contribution < -0.4 is 9.62 Å². The van der Waals surface area contributed by atoms with Crippen LogP contribution in [0.1, 0.15) is 23.6 Å². The minimum atomic E-state index is -5.21. The van der Waals surface area contributed by atoms with Crippen LogP contribution in [0.5, 0.6) is 0 Å². The second-order valence-corrected chi connectivity index (χ2v) is 16.4. The highest BCUT2D eigenvalue weighted by molar-refractivity contribution is 7.89. The maximum Gasteiger partial charge on any atom is 0.295 e. The van der Waals surface area contributed by atoms with Crippen molar-refractivity contribution < 1.29 is 47.3 Å². The average Bonchev–Trinajstić information content (AvgIpc) is 3.00. The first-order valence-electron chi connectivity index (χ1n) is 13.5. The lowest BCUT2D eigenvalue weighted by molar-refractivity contribution is 0.478. The largest absolute Gasteiger partial charge is 0.347 e. The molecule has 0 amide bonds. The first kappa shape index (κ1) is 37.2. The zero-order valence-corrected chi connectivity index (χ0v) is 28.6. The molecule has 4 rings (SSSR count). The van der Waals surface area contributed by atoms with Gasteiger partial charge < -0.3 is 4.90 Å². The van der Waals surface area contributed by atoms with Crippen LogP contribution >= 0.6 is 0 Å². The molecule has 0 fully saturated rings. The van der Waals surface area contributed by atoms with Crippen molar-refractivity contribution in [2.24, 2.45) is 0 Å². The third kappa shape index (κ3) is 8.69. The van der Waals surface area contributed by atoms with Gasteiger partial charge in [-0.25, -0.2) is 18.1 Å². The number of sulfonamides is 1. The van der Waals surface area contributed by atoms with Gasteiger partial charge in [0, 0.05) is 44.3 Å². The first-order valence-corrected chi connectivity index (χ1v) is 19.3. The van der Waals surface area contributed by atoms with Gasteiger partial charge in [0.1, 0.15) is 21.4 Å². The summed E-state index contributed by atoms with van der Waals surface area (Å²) in [6, 6.07) is 6.61. The van der Waals surface area contributed by atoms with Gasteiger partial charge in [0.05, 0.1) is 22.9 Å². The number of fused-ring (bicyclic) bond motifs is 1. The lowest BCUT2D eigenvalue weighted by Gasteiger charge is -2.15. The van der Waals surface area contributed by atoms with E-state index in [4.69, 9.17) is 13.1 Å². The highest BCUT2D eigenvalue weighted by Gasteiger charge is 2.26. The molecule has 258 valence electrons. The first-order chi connectivity index (χ1) is 22.6. The van der Waals surface area contributed by atoms with Crippen LogP contribution in [0.4, 0.5) is 17.3 Å². The van der Waals surface area contributed by atoms with E-state index in [1.165, 1.54) is 17.0 Å². The SMILES string of the molecule is [C-]#[N+]c1ccc(S(=O)(=O)NCCCc2nc(Cc3cc(S(=O)(=O)O)c4cc(S(=O)(=O)O)cc(S(=O)(=O)O)c4c3)nc(N(C)C)n2)cc1[N+]#[C-]. The molecule has 0 atom stereocenters. The van der Waals surface area contributed by atoms with Crippen molar-refractivity contribution in [1.29, 1.82) is 0 Å². The van der Waals surface area contributed by atoms with Crippen LogP contribution in [0, 0.1) is 13.1 Å². The molecule has 0 saturated heterocycles. The summed E-state index contributed by atoms with van der Waals surface area (Å²) in [7, 11) is -16.3. The summed E-state index contributed by atoms with van der Waals surface area (Å²) < 4.78 is 130. The van der Waals surface area contributed by atoms with Gasteiger partial charge in [-0.3, -0.25) is 23.3 Å². The average molecular weight is 752 g/mol. The number of aromatic nitrogens is 3. The molecule has 0 saturated carbocycles. The molecule has 1 heterocycles. The summed E-state index contributed by atoms with van der Waals surface area (Å²) in [5.74, 6) is 0.376. The Balaban J connectivity index is 1.68. The normalized spacial score (nSPS) is 12.4. The second-order valence-electron chi connectivity index (χ2n) is 10.5. The monoisotopic (exact) mass is 751 g/mol. The Kier molecular flexibility index (Phi) is 10.4. The maximum atomic E-state index is 12.8. The molecule has 0 unspecified atom stereocenters. The van der Waals surface area contributed by atoms with Crippen LogP contribution in [-0.4, -0.2) is 82.9 Å². The third-order valence-corrected chi connectivity index (χ3v) is 10.8. The Hall–Kier alpha value is -4.65. The molecule has 0 aliphatic heterocycles. The van der Waals surface area contributed by atoms with Crippen molar-refractivity contribution in [3.63, 3.8) is 0 Å². The molecule has 0 aliphatic carbocycles. The van der Waals surface area contributed by atoms with Gasteiger partial charge in [0.25, 0.3) is 30.4 Å². The van der Waals surface area contributed by atoms with Crippen LogP contribution in [0.2, 0.25) is 0 Å². The molecule has 4 N–H and O–H groups in total. The molecule has 22 heteroatoms. The fourth-order valence-corrected chi connectivity index (χ4v) is 7.70. The van der Waals surface area contributed by atoms with E-state index in [0.29, 0.717) is 12.1 Å². The molecule has 4 aromatic rings. The molecule has 0 bridgehead atoms. The van der Waals surface area contributed by atoms with E-state index in [9.17, 15) is 47.3 Å². The van der Waals surface area contributed by atoms with Crippen molar-refractivity contribution in [2.45, 2.75) is 38.8 Å². The summed E-state index contributed by atoms with van der Waals surface area (Å²) in [4.78, 5) is 17.6. The van der Waals surface area contributed by atoms with Crippen molar-refractivity contribution in [3.8, 4) is 0 Å². The fourth-order valence-electron chi connectivity index (χ4n) is 4.52. The molecular formula is C27H25N7O11S4. The quantitative estimate of drug-likeness (QED) is 0.0921.